The normalized spacial score (nSPS) is 14.2. The molecule has 0 bridgehead atoms. The molecule has 0 aromatic heterocycles. The van der Waals surface area contributed by atoms with Gasteiger partial charge in [-0.2, -0.15) is 0 Å². The maximum Gasteiger partial charge on any atom is 0.236 e. The minimum absolute atomic E-state index is 0.0138. The third-order valence-electron chi connectivity index (χ3n) is 3.58. The van der Waals surface area contributed by atoms with Crippen molar-refractivity contribution in [3.05, 3.63) is 0 Å². The van der Waals surface area contributed by atoms with Crippen molar-refractivity contribution in [3.8, 4) is 0 Å². The van der Waals surface area contributed by atoms with Gasteiger partial charge in [-0.15, -0.1) is 11.8 Å². The molecule has 134 valence electrons. The molecule has 1 amide bonds. The van der Waals surface area contributed by atoms with Gasteiger partial charge < -0.3 is 16.4 Å². The molecule has 0 spiro atoms. The molecule has 0 aromatic carbocycles. The van der Waals surface area contributed by atoms with E-state index in [1.165, 1.54) is 11.8 Å². The second-order valence-corrected chi connectivity index (χ2v) is 9.88. The van der Waals surface area contributed by atoms with E-state index in [-0.39, 0.29) is 18.2 Å². The number of nitrogens with two attached hydrogens (primary N) is 1. The van der Waals surface area contributed by atoms with Crippen molar-refractivity contribution in [2.75, 3.05) is 25.4 Å². The Morgan fingerprint density at radius 3 is 2.26 bits per heavy atom. The van der Waals surface area contributed by atoms with Crippen LogP contribution in [-0.2, 0) is 9.59 Å². The predicted octanol–water partition coefficient (Wildman–Crippen LogP) is 1.94. The first kappa shape index (κ1) is 22.9. The fourth-order valence-corrected chi connectivity index (χ4v) is 4.79. The zero-order valence-corrected chi connectivity index (χ0v) is 17.1. The quantitative estimate of drug-likeness (QED) is 0.395. The summed E-state index contributed by atoms with van der Waals surface area (Å²) in [5.74, 6) is 0.814. The van der Waals surface area contributed by atoms with Gasteiger partial charge in [0.1, 0.15) is 3.53 Å². The lowest BCUT2D eigenvalue weighted by atomic mass is 9.93. The maximum atomic E-state index is 12.3. The van der Waals surface area contributed by atoms with Crippen molar-refractivity contribution in [2.45, 2.75) is 51.3 Å². The summed E-state index contributed by atoms with van der Waals surface area (Å²) in [5.41, 5.74) is 4.80. The molecule has 0 heterocycles. The average molecular weight is 380 g/mol. The maximum absolute atomic E-state index is 12.3. The van der Waals surface area contributed by atoms with Crippen LogP contribution in [0.25, 0.3) is 0 Å². The molecular formula is C15H29N3O2S3. The van der Waals surface area contributed by atoms with Crippen LogP contribution < -0.4 is 16.4 Å². The molecule has 8 heteroatoms. The van der Waals surface area contributed by atoms with Crippen LogP contribution in [0.3, 0.4) is 0 Å². The van der Waals surface area contributed by atoms with Crippen molar-refractivity contribution < 1.29 is 9.59 Å². The summed E-state index contributed by atoms with van der Waals surface area (Å²) in [5, 5.41) is 6.07. The smallest absolute Gasteiger partial charge is 0.236 e. The molecular weight excluding hydrogens is 350 g/mol. The van der Waals surface area contributed by atoms with Crippen molar-refractivity contribution in [1.82, 2.24) is 10.6 Å². The molecule has 0 radical (unpaired) electrons. The van der Waals surface area contributed by atoms with Crippen LogP contribution in [0.2, 0.25) is 0 Å². The highest BCUT2D eigenvalue weighted by molar-refractivity contribution is 8.47. The van der Waals surface area contributed by atoms with E-state index in [0.717, 1.165) is 9.28 Å². The number of carbonyl (C=O) groups excluding carboxylic acids is 2. The van der Waals surface area contributed by atoms with Crippen molar-refractivity contribution >= 4 is 51.0 Å². The Kier molecular flexibility index (Phi) is 10.6. The van der Waals surface area contributed by atoms with Gasteiger partial charge in [0.05, 0.1) is 16.8 Å². The van der Waals surface area contributed by atoms with Crippen LogP contribution in [0.4, 0.5) is 0 Å². The lowest BCUT2D eigenvalue weighted by Gasteiger charge is -2.28. The van der Waals surface area contributed by atoms with E-state index in [9.17, 15) is 9.59 Å². The number of ketones is 1. The summed E-state index contributed by atoms with van der Waals surface area (Å²) in [6, 6.07) is 0. The van der Waals surface area contributed by atoms with Crippen LogP contribution in [0, 0.1) is 0 Å². The van der Waals surface area contributed by atoms with Gasteiger partial charge in [-0.3, -0.25) is 9.59 Å². The fourth-order valence-electron chi connectivity index (χ4n) is 1.78. The highest BCUT2D eigenvalue weighted by Gasteiger charge is 2.31. The Bertz CT molecular complexity index is 430. The van der Waals surface area contributed by atoms with Gasteiger partial charge in [-0.05, 0) is 32.9 Å². The van der Waals surface area contributed by atoms with Gasteiger partial charge in [0.2, 0.25) is 5.91 Å². The summed E-state index contributed by atoms with van der Waals surface area (Å²) in [6.45, 7) is 10.5. The number of hydrogen-bond acceptors (Lipinski definition) is 7. The van der Waals surface area contributed by atoms with Gasteiger partial charge in [0.15, 0.2) is 5.78 Å². The van der Waals surface area contributed by atoms with Gasteiger partial charge in [-0.1, -0.05) is 37.8 Å². The molecule has 0 fully saturated rings. The minimum atomic E-state index is -0.636. The fraction of sp³-hybridized carbons (Fsp3) is 0.800. The summed E-state index contributed by atoms with van der Waals surface area (Å²) in [7, 11) is 0. The van der Waals surface area contributed by atoms with Crippen LogP contribution >= 0.6 is 35.7 Å². The number of thiocarbonyl (C=S) groups is 1. The molecule has 5 nitrogen and oxygen atoms in total. The molecule has 1 atom stereocenters. The molecule has 1 unspecified atom stereocenters. The molecule has 0 saturated carbocycles. The summed E-state index contributed by atoms with van der Waals surface area (Å²) in [6.07, 6.45) is 0.654. The molecule has 4 N–H and O–H groups in total. The van der Waals surface area contributed by atoms with Gasteiger partial charge in [0, 0.05) is 13.1 Å². The van der Waals surface area contributed by atoms with E-state index in [0.29, 0.717) is 19.5 Å². The first-order valence-corrected chi connectivity index (χ1v) is 9.96. The topological polar surface area (TPSA) is 84.2 Å². The van der Waals surface area contributed by atoms with E-state index in [4.69, 9.17) is 18.0 Å². The number of thioether (sulfide) groups is 2. The SMILES string of the molecule is CCSC(=S)SC(C)(C)C(=O)NCCNC(C)(CC)C(=O)CN. The van der Waals surface area contributed by atoms with Crippen molar-refractivity contribution in [1.29, 1.82) is 0 Å². The zero-order valence-electron chi connectivity index (χ0n) is 14.7. The van der Waals surface area contributed by atoms with E-state index in [1.807, 2.05) is 34.6 Å². The average Bonchev–Trinajstić information content (AvgIpc) is 2.49. The largest absolute Gasteiger partial charge is 0.354 e. The van der Waals surface area contributed by atoms with Crippen LogP contribution in [0.15, 0.2) is 0 Å². The summed E-state index contributed by atoms with van der Waals surface area (Å²) < 4.78 is 0.165. The molecule has 23 heavy (non-hydrogen) atoms. The Hall–Kier alpha value is -0.150. The Labute approximate surface area is 153 Å². The number of amides is 1. The first-order chi connectivity index (χ1) is 10.6. The van der Waals surface area contributed by atoms with Crippen molar-refractivity contribution in [2.24, 2.45) is 5.73 Å². The molecule has 0 aliphatic carbocycles. The van der Waals surface area contributed by atoms with E-state index >= 15 is 0 Å². The van der Waals surface area contributed by atoms with Gasteiger partial charge in [0.25, 0.3) is 0 Å². The third kappa shape index (κ3) is 7.98. The van der Waals surface area contributed by atoms with Crippen LogP contribution in [-0.4, -0.2) is 50.9 Å². The van der Waals surface area contributed by atoms with E-state index < -0.39 is 10.3 Å². The Balaban J connectivity index is 4.34. The lowest BCUT2D eigenvalue weighted by Crippen LogP contribution is -2.54. The number of Topliss-reactive ketones (excluding diaryl/α,β-unsaturated/α-hetero) is 1. The van der Waals surface area contributed by atoms with E-state index in [2.05, 4.69) is 10.6 Å². The minimum Gasteiger partial charge on any atom is -0.354 e. The molecule has 0 aromatic rings. The summed E-state index contributed by atoms with van der Waals surface area (Å²) >= 11 is 8.22. The van der Waals surface area contributed by atoms with Crippen molar-refractivity contribution in [3.63, 3.8) is 0 Å². The highest BCUT2D eigenvalue weighted by Crippen LogP contribution is 2.30. The molecule has 0 aliphatic heterocycles. The molecule has 0 aliphatic rings. The van der Waals surface area contributed by atoms with E-state index in [1.54, 1.807) is 11.8 Å². The Morgan fingerprint density at radius 2 is 1.78 bits per heavy atom. The monoisotopic (exact) mass is 379 g/mol. The van der Waals surface area contributed by atoms with Crippen LogP contribution in [0.1, 0.15) is 41.0 Å². The number of nitrogens with one attached hydrogen (secondary N) is 2. The first-order valence-electron chi connectivity index (χ1n) is 7.75. The van der Waals surface area contributed by atoms with Gasteiger partial charge >= 0.3 is 0 Å². The molecule has 0 saturated heterocycles. The summed E-state index contributed by atoms with van der Waals surface area (Å²) in [4.78, 5) is 24.1. The van der Waals surface area contributed by atoms with Crippen LogP contribution in [0.5, 0.6) is 0 Å². The number of hydrogen-bond donors (Lipinski definition) is 3. The second kappa shape index (κ2) is 10.7. The predicted molar refractivity (Wildman–Crippen MR) is 106 cm³/mol. The zero-order chi connectivity index (χ0) is 18.1. The Morgan fingerprint density at radius 1 is 1.17 bits per heavy atom. The number of carbonyl (C=O) groups is 2. The highest BCUT2D eigenvalue weighted by atomic mass is 32.2. The lowest BCUT2D eigenvalue weighted by molar-refractivity contribution is -0.123. The van der Waals surface area contributed by atoms with Gasteiger partial charge in [-0.25, -0.2) is 0 Å². The third-order valence-corrected chi connectivity index (χ3v) is 6.18. The second-order valence-electron chi connectivity index (χ2n) is 5.79. The molecule has 0 rings (SSSR count). The number of rotatable bonds is 10. The standard InChI is InChI=1S/C15H29N3O2S3/c1-6-15(5,11(19)10-16)18-9-8-17-12(20)14(3,4)23-13(21)22-7-2/h18H,6-10,16H2,1-5H3,(H,17,20).